The highest BCUT2D eigenvalue weighted by Gasteiger charge is 2.07. The molecule has 23 heavy (non-hydrogen) atoms. The molecule has 0 fully saturated rings. The Balaban J connectivity index is 1.81. The van der Waals surface area contributed by atoms with Crippen molar-refractivity contribution in [2.45, 2.75) is 0 Å². The van der Waals surface area contributed by atoms with Gasteiger partial charge in [-0.3, -0.25) is 9.59 Å². The topological polar surface area (TPSA) is 90.8 Å². The summed E-state index contributed by atoms with van der Waals surface area (Å²) < 4.78 is 0.780. The van der Waals surface area contributed by atoms with E-state index in [0.717, 1.165) is 4.47 Å². The number of nitrogens with one attached hydrogen (secondary N) is 2. The van der Waals surface area contributed by atoms with Crippen LogP contribution in [0.15, 0.2) is 58.1 Å². The molecule has 2 rings (SSSR count). The van der Waals surface area contributed by atoms with Crippen LogP contribution in [0.3, 0.4) is 0 Å². The van der Waals surface area contributed by atoms with Crippen molar-refractivity contribution in [3.05, 3.63) is 64.1 Å². The van der Waals surface area contributed by atoms with Gasteiger partial charge in [0.1, 0.15) is 5.75 Å². The Kier molecular flexibility index (Phi) is 5.87. The highest BCUT2D eigenvalue weighted by Crippen LogP contribution is 2.12. The molecule has 7 heteroatoms. The van der Waals surface area contributed by atoms with Gasteiger partial charge in [0.05, 0.1) is 12.8 Å². The van der Waals surface area contributed by atoms with Crippen LogP contribution in [-0.4, -0.2) is 29.7 Å². The minimum atomic E-state index is -0.472. The summed E-state index contributed by atoms with van der Waals surface area (Å²) in [4.78, 5) is 23.5. The van der Waals surface area contributed by atoms with E-state index < -0.39 is 5.91 Å². The normalized spacial score (nSPS) is 10.5. The van der Waals surface area contributed by atoms with E-state index in [4.69, 9.17) is 0 Å². The van der Waals surface area contributed by atoms with Gasteiger partial charge in [-0.15, -0.1) is 0 Å². The molecular formula is C16H14BrN3O3. The second-order valence-electron chi connectivity index (χ2n) is 4.55. The quantitative estimate of drug-likeness (QED) is 0.551. The lowest BCUT2D eigenvalue weighted by molar-refractivity contribution is -0.120. The van der Waals surface area contributed by atoms with E-state index in [1.165, 1.54) is 12.3 Å². The average Bonchev–Trinajstić information content (AvgIpc) is 2.54. The third-order valence-corrected chi connectivity index (χ3v) is 3.32. The Morgan fingerprint density at radius 3 is 2.70 bits per heavy atom. The molecule has 0 saturated heterocycles. The average molecular weight is 376 g/mol. The Hall–Kier alpha value is -2.67. The summed E-state index contributed by atoms with van der Waals surface area (Å²) in [5.74, 6) is -0.764. The monoisotopic (exact) mass is 375 g/mol. The van der Waals surface area contributed by atoms with E-state index in [-0.39, 0.29) is 18.2 Å². The molecule has 0 radical (unpaired) electrons. The van der Waals surface area contributed by atoms with Gasteiger partial charge in [0.2, 0.25) is 0 Å². The van der Waals surface area contributed by atoms with Crippen molar-refractivity contribution < 1.29 is 14.7 Å². The molecule has 3 N–H and O–H groups in total. The molecule has 0 atom stereocenters. The Labute approximate surface area is 141 Å². The third-order valence-electron chi connectivity index (χ3n) is 2.83. The van der Waals surface area contributed by atoms with Crippen molar-refractivity contribution >= 4 is 34.0 Å². The van der Waals surface area contributed by atoms with Crippen LogP contribution in [0.4, 0.5) is 0 Å². The standard InChI is InChI=1S/C16H14BrN3O3/c17-13-6-3-5-11(8-13)16(23)18-10-15(22)20-19-9-12-4-1-2-7-14(12)21/h1-9,21H,10H2,(H,18,23)(H,20,22)/b19-9-. The van der Waals surface area contributed by atoms with Crippen LogP contribution in [0.1, 0.15) is 15.9 Å². The van der Waals surface area contributed by atoms with Gasteiger partial charge in [-0.1, -0.05) is 34.1 Å². The fourth-order valence-electron chi connectivity index (χ4n) is 1.70. The Morgan fingerprint density at radius 2 is 1.96 bits per heavy atom. The lowest BCUT2D eigenvalue weighted by Crippen LogP contribution is -2.34. The first-order valence-electron chi connectivity index (χ1n) is 6.70. The summed E-state index contributed by atoms with van der Waals surface area (Å²) in [6, 6.07) is 13.4. The van der Waals surface area contributed by atoms with E-state index in [9.17, 15) is 14.7 Å². The predicted molar refractivity (Wildman–Crippen MR) is 90.3 cm³/mol. The molecule has 0 spiro atoms. The summed E-state index contributed by atoms with van der Waals surface area (Å²) in [7, 11) is 0. The fraction of sp³-hybridized carbons (Fsp3) is 0.0625. The van der Waals surface area contributed by atoms with E-state index >= 15 is 0 Å². The van der Waals surface area contributed by atoms with Crippen molar-refractivity contribution in [2.75, 3.05) is 6.54 Å². The van der Waals surface area contributed by atoms with Gasteiger partial charge < -0.3 is 10.4 Å². The number of hydrogen-bond acceptors (Lipinski definition) is 4. The Bertz CT molecular complexity index is 747. The number of carbonyl (C=O) groups is 2. The van der Waals surface area contributed by atoms with Crippen molar-refractivity contribution in [2.24, 2.45) is 5.10 Å². The van der Waals surface area contributed by atoms with Crippen molar-refractivity contribution in [1.82, 2.24) is 10.7 Å². The second-order valence-corrected chi connectivity index (χ2v) is 5.46. The maximum atomic E-state index is 11.9. The predicted octanol–water partition coefficient (Wildman–Crippen LogP) is 2.03. The number of hydrogen-bond donors (Lipinski definition) is 3. The molecule has 0 aromatic heterocycles. The number of nitrogens with zero attached hydrogens (tertiary/aromatic N) is 1. The first-order valence-corrected chi connectivity index (χ1v) is 7.49. The minimum absolute atomic E-state index is 0.0634. The molecule has 0 bridgehead atoms. The van der Waals surface area contributed by atoms with Crippen molar-refractivity contribution in [3.63, 3.8) is 0 Å². The summed E-state index contributed by atoms with van der Waals surface area (Å²) in [5, 5.41) is 15.8. The minimum Gasteiger partial charge on any atom is -0.507 e. The lowest BCUT2D eigenvalue weighted by Gasteiger charge is -2.04. The summed E-state index contributed by atoms with van der Waals surface area (Å²) >= 11 is 3.27. The Morgan fingerprint density at radius 1 is 1.17 bits per heavy atom. The maximum absolute atomic E-state index is 11.9. The first-order chi connectivity index (χ1) is 11.1. The maximum Gasteiger partial charge on any atom is 0.259 e. The van der Waals surface area contributed by atoms with Crippen molar-refractivity contribution in [3.8, 4) is 5.75 Å². The second kappa shape index (κ2) is 8.09. The zero-order valence-corrected chi connectivity index (χ0v) is 13.6. The molecule has 0 heterocycles. The number of halogens is 1. The number of phenols is 1. The molecule has 2 aromatic carbocycles. The number of hydrazone groups is 1. The van der Waals surface area contributed by atoms with E-state index in [1.54, 1.807) is 42.5 Å². The lowest BCUT2D eigenvalue weighted by atomic mass is 10.2. The van der Waals surface area contributed by atoms with Gasteiger partial charge in [-0.25, -0.2) is 5.43 Å². The van der Waals surface area contributed by atoms with Crippen LogP contribution < -0.4 is 10.7 Å². The van der Waals surface area contributed by atoms with Gasteiger partial charge in [0.25, 0.3) is 11.8 Å². The SMILES string of the molecule is O=C(CNC(=O)c1cccc(Br)c1)N/N=C\c1ccccc1O. The van der Waals surface area contributed by atoms with Crippen LogP contribution >= 0.6 is 15.9 Å². The smallest absolute Gasteiger partial charge is 0.259 e. The zero-order chi connectivity index (χ0) is 16.7. The molecule has 0 saturated carbocycles. The molecule has 2 aromatic rings. The van der Waals surface area contributed by atoms with E-state index in [0.29, 0.717) is 11.1 Å². The van der Waals surface area contributed by atoms with Crippen molar-refractivity contribution in [1.29, 1.82) is 0 Å². The molecular weight excluding hydrogens is 362 g/mol. The number of aromatic hydroxyl groups is 1. The van der Waals surface area contributed by atoms with Gasteiger partial charge >= 0.3 is 0 Å². The summed E-state index contributed by atoms with van der Waals surface area (Å²) in [5.41, 5.74) is 3.20. The summed E-state index contributed by atoms with van der Waals surface area (Å²) in [6.45, 7) is -0.205. The van der Waals surface area contributed by atoms with Crippen LogP contribution in [-0.2, 0) is 4.79 Å². The largest absolute Gasteiger partial charge is 0.507 e. The molecule has 0 unspecified atom stereocenters. The van der Waals surface area contributed by atoms with Gasteiger partial charge in [0.15, 0.2) is 0 Å². The molecule has 6 nitrogen and oxygen atoms in total. The number of amides is 2. The molecule has 0 aliphatic heterocycles. The van der Waals surface area contributed by atoms with Crippen LogP contribution in [0.2, 0.25) is 0 Å². The first kappa shape index (κ1) is 16.7. The third kappa shape index (κ3) is 5.23. The fourth-order valence-corrected chi connectivity index (χ4v) is 2.10. The van der Waals surface area contributed by atoms with Crippen LogP contribution in [0, 0.1) is 0 Å². The molecule has 0 aliphatic carbocycles. The van der Waals surface area contributed by atoms with E-state index in [2.05, 4.69) is 31.8 Å². The zero-order valence-electron chi connectivity index (χ0n) is 12.0. The molecule has 0 aliphatic rings. The van der Waals surface area contributed by atoms with Gasteiger partial charge in [-0.05, 0) is 30.3 Å². The highest BCUT2D eigenvalue weighted by molar-refractivity contribution is 9.10. The van der Waals surface area contributed by atoms with Crippen LogP contribution in [0.5, 0.6) is 5.75 Å². The number of benzene rings is 2. The number of rotatable bonds is 5. The number of phenolic OH excluding ortho intramolecular Hbond substituents is 1. The number of carbonyl (C=O) groups excluding carboxylic acids is 2. The summed E-state index contributed by atoms with van der Waals surface area (Å²) in [6.07, 6.45) is 1.32. The van der Waals surface area contributed by atoms with Gasteiger partial charge in [-0.2, -0.15) is 5.10 Å². The van der Waals surface area contributed by atoms with Crippen LogP contribution in [0.25, 0.3) is 0 Å². The molecule has 118 valence electrons. The van der Waals surface area contributed by atoms with Gasteiger partial charge in [0, 0.05) is 15.6 Å². The molecule has 2 amide bonds. The number of para-hydroxylation sites is 1. The highest BCUT2D eigenvalue weighted by atomic mass is 79.9. The van der Waals surface area contributed by atoms with E-state index in [1.807, 2.05) is 0 Å².